The van der Waals surface area contributed by atoms with Gasteiger partial charge in [-0.1, -0.05) is 20.3 Å². The van der Waals surface area contributed by atoms with Crippen LogP contribution in [0, 0.1) is 11.8 Å². The van der Waals surface area contributed by atoms with E-state index in [1.54, 1.807) is 5.92 Å². The van der Waals surface area contributed by atoms with E-state index in [4.69, 9.17) is 11.6 Å². The molecule has 2 atom stereocenters. The van der Waals surface area contributed by atoms with Crippen LogP contribution < -0.4 is 0 Å². The summed E-state index contributed by atoms with van der Waals surface area (Å²) in [4.78, 5) is 0.0788. The molecule has 2 unspecified atom stereocenters. The van der Waals surface area contributed by atoms with Crippen LogP contribution in [0.3, 0.4) is 0 Å². The second kappa shape index (κ2) is 2.16. The van der Waals surface area contributed by atoms with Gasteiger partial charge in [0.15, 0.2) is 0 Å². The molecular weight excluding hydrogens is 132 g/mol. The Morgan fingerprint density at radius 3 is 2.33 bits per heavy atom. The maximum atomic E-state index is 6.04. The summed E-state index contributed by atoms with van der Waals surface area (Å²) >= 11 is 6.04. The molecule has 1 aliphatic carbocycles. The van der Waals surface area contributed by atoms with Crippen LogP contribution in [0.2, 0.25) is 0 Å². The molecule has 1 rings (SSSR count). The fourth-order valence-electron chi connectivity index (χ4n) is 1.25. The molecule has 0 nitrogen and oxygen atoms in total. The molecule has 0 bridgehead atoms. The standard InChI is InChI=1S/C8H14Cl/c1-4-6(2)7-5-8(7,3)9/h6H,4-5H2,1-3H3. The molecule has 1 aliphatic rings. The van der Waals surface area contributed by atoms with Crippen molar-refractivity contribution < 1.29 is 0 Å². The van der Waals surface area contributed by atoms with Crippen molar-refractivity contribution in [2.45, 2.75) is 38.5 Å². The van der Waals surface area contributed by atoms with Gasteiger partial charge in [0.25, 0.3) is 0 Å². The number of alkyl halides is 1. The summed E-state index contributed by atoms with van der Waals surface area (Å²) < 4.78 is 0. The zero-order chi connectivity index (χ0) is 7.07. The fraction of sp³-hybridized carbons (Fsp3) is 0.875. The molecule has 53 valence electrons. The Hall–Kier alpha value is 0.290. The smallest absolute Gasteiger partial charge is 0.0490 e. The molecule has 0 saturated heterocycles. The molecule has 0 aromatic heterocycles. The van der Waals surface area contributed by atoms with E-state index in [1.165, 1.54) is 6.42 Å². The summed E-state index contributed by atoms with van der Waals surface area (Å²) in [7, 11) is 0. The van der Waals surface area contributed by atoms with E-state index in [2.05, 4.69) is 20.8 Å². The van der Waals surface area contributed by atoms with Crippen molar-refractivity contribution in [1.29, 1.82) is 0 Å². The summed E-state index contributed by atoms with van der Waals surface area (Å²) in [5.74, 6) is 2.29. The third-order valence-electron chi connectivity index (χ3n) is 2.27. The molecule has 0 aliphatic heterocycles. The first-order chi connectivity index (χ1) is 4.08. The highest BCUT2D eigenvalue weighted by Crippen LogP contribution is 2.55. The van der Waals surface area contributed by atoms with Crippen LogP contribution in [-0.2, 0) is 0 Å². The van der Waals surface area contributed by atoms with Gasteiger partial charge in [0.05, 0.1) is 0 Å². The first-order valence-electron chi connectivity index (χ1n) is 3.63. The molecule has 0 aromatic carbocycles. The lowest BCUT2D eigenvalue weighted by molar-refractivity contribution is 0.620. The Bertz CT molecular complexity index is 107. The second-order valence-electron chi connectivity index (χ2n) is 3.21. The van der Waals surface area contributed by atoms with Crippen LogP contribution >= 0.6 is 11.6 Å². The van der Waals surface area contributed by atoms with Crippen LogP contribution in [0.4, 0.5) is 0 Å². The zero-order valence-corrected chi connectivity index (χ0v) is 7.13. The molecule has 0 heterocycles. The van der Waals surface area contributed by atoms with E-state index in [1.807, 2.05) is 0 Å². The number of rotatable bonds is 2. The van der Waals surface area contributed by atoms with Crippen molar-refractivity contribution in [2.75, 3.05) is 0 Å². The highest BCUT2D eigenvalue weighted by molar-refractivity contribution is 6.28. The van der Waals surface area contributed by atoms with Gasteiger partial charge >= 0.3 is 0 Å². The van der Waals surface area contributed by atoms with E-state index >= 15 is 0 Å². The SMILES string of the molecule is CCC(C)[C]1CC1(C)Cl. The van der Waals surface area contributed by atoms with Crippen LogP contribution in [-0.4, -0.2) is 4.87 Å². The Labute approximate surface area is 62.6 Å². The van der Waals surface area contributed by atoms with E-state index in [0.717, 1.165) is 12.3 Å². The van der Waals surface area contributed by atoms with Gasteiger partial charge in [-0.05, 0) is 19.3 Å². The van der Waals surface area contributed by atoms with Crippen molar-refractivity contribution >= 4 is 11.6 Å². The molecule has 0 spiro atoms. The van der Waals surface area contributed by atoms with Crippen LogP contribution in [0.5, 0.6) is 0 Å². The van der Waals surface area contributed by atoms with Crippen molar-refractivity contribution in [1.82, 2.24) is 0 Å². The summed E-state index contributed by atoms with van der Waals surface area (Å²) in [6.45, 7) is 6.57. The zero-order valence-electron chi connectivity index (χ0n) is 6.37. The van der Waals surface area contributed by atoms with Gasteiger partial charge in [-0.3, -0.25) is 0 Å². The minimum Gasteiger partial charge on any atom is -0.119 e. The Morgan fingerprint density at radius 2 is 2.22 bits per heavy atom. The van der Waals surface area contributed by atoms with E-state index < -0.39 is 0 Å². The normalized spacial score (nSPS) is 38.7. The van der Waals surface area contributed by atoms with Gasteiger partial charge in [0.2, 0.25) is 0 Å². The van der Waals surface area contributed by atoms with Crippen LogP contribution in [0.25, 0.3) is 0 Å². The van der Waals surface area contributed by atoms with Gasteiger partial charge in [0.1, 0.15) is 0 Å². The molecule has 0 amide bonds. The lowest BCUT2D eigenvalue weighted by atomic mass is 10.0. The lowest BCUT2D eigenvalue weighted by Gasteiger charge is -2.06. The van der Waals surface area contributed by atoms with Gasteiger partial charge in [0, 0.05) is 10.8 Å². The third kappa shape index (κ3) is 1.40. The fourth-order valence-corrected chi connectivity index (χ4v) is 1.58. The summed E-state index contributed by atoms with van der Waals surface area (Å²) in [6, 6.07) is 0. The maximum absolute atomic E-state index is 6.04. The molecule has 0 N–H and O–H groups in total. The second-order valence-corrected chi connectivity index (χ2v) is 4.04. The lowest BCUT2D eigenvalue weighted by Crippen LogP contribution is -2.01. The molecule has 0 aromatic rings. The van der Waals surface area contributed by atoms with Crippen molar-refractivity contribution in [3.05, 3.63) is 5.92 Å². The Balaban J connectivity index is 2.33. The number of hydrogen-bond acceptors (Lipinski definition) is 0. The van der Waals surface area contributed by atoms with Crippen LogP contribution in [0.1, 0.15) is 33.6 Å². The van der Waals surface area contributed by atoms with Gasteiger partial charge in [-0.25, -0.2) is 0 Å². The number of halogens is 1. The van der Waals surface area contributed by atoms with Gasteiger partial charge in [-0.2, -0.15) is 0 Å². The predicted octanol–water partition coefficient (Wildman–Crippen LogP) is 3.01. The topological polar surface area (TPSA) is 0 Å². The van der Waals surface area contributed by atoms with E-state index in [-0.39, 0.29) is 4.87 Å². The Kier molecular flexibility index (Phi) is 1.77. The van der Waals surface area contributed by atoms with Crippen molar-refractivity contribution in [3.8, 4) is 0 Å². The molecule has 1 fully saturated rings. The first kappa shape index (κ1) is 7.40. The quantitative estimate of drug-likeness (QED) is 0.524. The van der Waals surface area contributed by atoms with Crippen LogP contribution in [0.15, 0.2) is 0 Å². The predicted molar refractivity (Wildman–Crippen MR) is 41.6 cm³/mol. The first-order valence-corrected chi connectivity index (χ1v) is 4.01. The largest absolute Gasteiger partial charge is 0.119 e. The van der Waals surface area contributed by atoms with Crippen molar-refractivity contribution in [3.63, 3.8) is 0 Å². The number of hydrogen-bond donors (Lipinski definition) is 0. The molecule has 1 heteroatoms. The summed E-state index contributed by atoms with van der Waals surface area (Å²) in [6.07, 6.45) is 2.38. The minimum absolute atomic E-state index is 0.0788. The van der Waals surface area contributed by atoms with Gasteiger partial charge < -0.3 is 0 Å². The average molecular weight is 146 g/mol. The van der Waals surface area contributed by atoms with Gasteiger partial charge in [-0.15, -0.1) is 11.6 Å². The van der Waals surface area contributed by atoms with Crippen molar-refractivity contribution in [2.24, 2.45) is 5.92 Å². The monoisotopic (exact) mass is 145 g/mol. The third-order valence-corrected chi connectivity index (χ3v) is 2.65. The molecule has 9 heavy (non-hydrogen) atoms. The average Bonchev–Trinajstić information content (AvgIpc) is 2.38. The summed E-state index contributed by atoms with van der Waals surface area (Å²) in [5, 5.41) is 0. The van der Waals surface area contributed by atoms with E-state index in [9.17, 15) is 0 Å². The molecular formula is C8H14Cl. The molecule has 1 radical (unpaired) electrons. The highest BCUT2D eigenvalue weighted by atomic mass is 35.5. The minimum atomic E-state index is 0.0788. The Morgan fingerprint density at radius 1 is 1.78 bits per heavy atom. The summed E-state index contributed by atoms with van der Waals surface area (Å²) in [5.41, 5.74) is 0. The highest BCUT2D eigenvalue weighted by Gasteiger charge is 2.51. The maximum Gasteiger partial charge on any atom is 0.0490 e. The molecule has 1 saturated carbocycles. The van der Waals surface area contributed by atoms with E-state index in [0.29, 0.717) is 0 Å².